The number of benzene rings is 2. The lowest BCUT2D eigenvalue weighted by Crippen LogP contribution is -2.43. The summed E-state index contributed by atoms with van der Waals surface area (Å²) in [7, 11) is 0. The van der Waals surface area contributed by atoms with Gasteiger partial charge in [-0.05, 0) is 37.1 Å². The van der Waals surface area contributed by atoms with Crippen molar-refractivity contribution in [1.82, 2.24) is 19.9 Å². The number of nitrogens with one attached hydrogen (secondary N) is 1. The summed E-state index contributed by atoms with van der Waals surface area (Å²) in [6.45, 7) is 1.25. The van der Waals surface area contributed by atoms with Crippen LogP contribution in [-0.4, -0.2) is 45.8 Å². The van der Waals surface area contributed by atoms with Crippen LogP contribution in [0.3, 0.4) is 0 Å². The Labute approximate surface area is 165 Å². The summed E-state index contributed by atoms with van der Waals surface area (Å²) in [5, 5.41) is 11.7. The molecule has 2 amide bonds. The Morgan fingerprint density at radius 2 is 1.86 bits per heavy atom. The van der Waals surface area contributed by atoms with Gasteiger partial charge < -0.3 is 19.7 Å². The lowest BCUT2D eigenvalue weighted by atomic mass is 10.1. The zero-order valence-electron chi connectivity index (χ0n) is 15.6. The van der Waals surface area contributed by atoms with Crippen molar-refractivity contribution in [2.45, 2.75) is 18.9 Å². The Morgan fingerprint density at radius 3 is 2.72 bits per heavy atom. The number of piperidine rings is 1. The van der Waals surface area contributed by atoms with Crippen LogP contribution < -0.4 is 20.3 Å². The van der Waals surface area contributed by atoms with E-state index in [1.807, 2.05) is 12.1 Å². The normalized spacial score (nSPS) is 16.2. The van der Waals surface area contributed by atoms with Gasteiger partial charge in [-0.25, -0.2) is 9.48 Å². The van der Waals surface area contributed by atoms with Gasteiger partial charge in [-0.15, -0.1) is 5.10 Å². The zero-order chi connectivity index (χ0) is 19.8. The third-order valence-corrected chi connectivity index (χ3v) is 5.31. The van der Waals surface area contributed by atoms with Crippen molar-refractivity contribution in [2.24, 2.45) is 0 Å². The third-order valence-electron chi connectivity index (χ3n) is 5.31. The first kappa shape index (κ1) is 17.5. The fourth-order valence-corrected chi connectivity index (χ4v) is 3.73. The van der Waals surface area contributed by atoms with E-state index in [9.17, 15) is 9.59 Å². The molecule has 29 heavy (non-hydrogen) atoms. The predicted octanol–water partition coefficient (Wildman–Crippen LogP) is 2.39. The summed E-state index contributed by atoms with van der Waals surface area (Å²) in [4.78, 5) is 27.1. The van der Waals surface area contributed by atoms with Crippen LogP contribution in [-0.2, 0) is 0 Å². The Hall–Kier alpha value is -3.62. The van der Waals surface area contributed by atoms with Crippen LogP contribution in [0.1, 0.15) is 18.9 Å². The number of amides is 2. The first-order valence-electron chi connectivity index (χ1n) is 9.49. The number of hydrogen-bond acceptors (Lipinski definition) is 6. The highest BCUT2D eigenvalue weighted by Gasteiger charge is 2.26. The van der Waals surface area contributed by atoms with E-state index in [1.165, 1.54) is 4.68 Å². The number of hydrogen-bond donors (Lipinski definition) is 1. The molecule has 0 aliphatic carbocycles. The molecule has 0 spiro atoms. The molecule has 148 valence electrons. The van der Waals surface area contributed by atoms with Gasteiger partial charge in [-0.3, -0.25) is 4.79 Å². The Bertz CT molecular complexity index is 1140. The van der Waals surface area contributed by atoms with E-state index < -0.39 is 0 Å². The number of likely N-dealkylation sites (tertiary alicyclic amines) is 1. The second kappa shape index (κ2) is 7.08. The molecule has 2 aliphatic rings. The van der Waals surface area contributed by atoms with Gasteiger partial charge in [0.1, 0.15) is 5.52 Å². The molecule has 0 atom stereocenters. The Balaban J connectivity index is 1.25. The molecular weight excluding hydrogens is 374 g/mol. The number of fused-ring (bicyclic) bond motifs is 2. The number of nitrogens with zero attached hydrogens (tertiary/aromatic N) is 4. The lowest BCUT2D eigenvalue weighted by Gasteiger charge is -2.32. The predicted molar refractivity (Wildman–Crippen MR) is 105 cm³/mol. The van der Waals surface area contributed by atoms with E-state index in [2.05, 4.69) is 15.6 Å². The van der Waals surface area contributed by atoms with E-state index in [-0.39, 0.29) is 24.4 Å². The van der Waals surface area contributed by atoms with Crippen molar-refractivity contribution in [3.05, 3.63) is 52.8 Å². The fraction of sp³-hybridized carbons (Fsp3) is 0.300. The molecule has 1 aromatic heterocycles. The van der Waals surface area contributed by atoms with E-state index in [1.54, 1.807) is 35.2 Å². The number of carbonyl (C=O) groups is 1. The quantitative estimate of drug-likeness (QED) is 0.718. The van der Waals surface area contributed by atoms with Gasteiger partial charge >= 0.3 is 6.03 Å². The highest BCUT2D eigenvalue weighted by atomic mass is 16.7. The largest absolute Gasteiger partial charge is 0.454 e. The second-order valence-corrected chi connectivity index (χ2v) is 7.07. The highest BCUT2D eigenvalue weighted by molar-refractivity contribution is 5.89. The maximum Gasteiger partial charge on any atom is 0.321 e. The summed E-state index contributed by atoms with van der Waals surface area (Å²) in [6.07, 6.45) is 1.28. The average molecular weight is 393 g/mol. The van der Waals surface area contributed by atoms with Gasteiger partial charge in [0.25, 0.3) is 5.56 Å². The van der Waals surface area contributed by atoms with Crippen LogP contribution in [0.5, 0.6) is 11.5 Å². The number of carbonyl (C=O) groups excluding carboxylic acids is 1. The number of urea groups is 1. The summed E-state index contributed by atoms with van der Waals surface area (Å²) >= 11 is 0. The average Bonchev–Trinajstić information content (AvgIpc) is 3.22. The van der Waals surface area contributed by atoms with Crippen molar-refractivity contribution >= 4 is 22.6 Å². The van der Waals surface area contributed by atoms with E-state index in [0.29, 0.717) is 54.0 Å². The smallest absolute Gasteiger partial charge is 0.321 e. The Morgan fingerprint density at radius 1 is 1.07 bits per heavy atom. The van der Waals surface area contributed by atoms with Crippen LogP contribution in [0.4, 0.5) is 10.5 Å². The topological polar surface area (TPSA) is 98.6 Å². The van der Waals surface area contributed by atoms with Gasteiger partial charge in [0.05, 0.1) is 11.4 Å². The summed E-state index contributed by atoms with van der Waals surface area (Å²) in [5.41, 5.74) is 1.10. The molecule has 0 saturated carbocycles. The first-order chi connectivity index (χ1) is 14.2. The molecule has 9 nitrogen and oxygen atoms in total. The van der Waals surface area contributed by atoms with E-state index in [4.69, 9.17) is 9.47 Å². The molecular formula is C20H19N5O4. The maximum atomic E-state index is 12.7. The van der Waals surface area contributed by atoms with Gasteiger partial charge in [0.15, 0.2) is 11.5 Å². The van der Waals surface area contributed by atoms with Gasteiger partial charge in [0.2, 0.25) is 6.79 Å². The number of aromatic nitrogens is 3. The highest BCUT2D eigenvalue weighted by Crippen LogP contribution is 2.34. The maximum absolute atomic E-state index is 12.7. The van der Waals surface area contributed by atoms with Gasteiger partial charge in [-0.2, -0.15) is 0 Å². The van der Waals surface area contributed by atoms with Crippen molar-refractivity contribution in [3.63, 3.8) is 0 Å². The number of ether oxygens (including phenoxy) is 2. The minimum atomic E-state index is -0.181. The monoisotopic (exact) mass is 393 g/mol. The van der Waals surface area contributed by atoms with Gasteiger partial charge in [0, 0.05) is 24.8 Å². The SMILES string of the molecule is O=C(Nc1ccc2c(c1)OCO2)N1CCC(n2nnc3ccccc3c2=O)CC1. The molecule has 5 rings (SSSR count). The zero-order valence-corrected chi connectivity index (χ0v) is 15.6. The molecule has 2 aliphatic heterocycles. The van der Waals surface area contributed by atoms with E-state index in [0.717, 1.165) is 0 Å². The fourth-order valence-electron chi connectivity index (χ4n) is 3.73. The second-order valence-electron chi connectivity index (χ2n) is 7.07. The molecule has 0 unspecified atom stereocenters. The summed E-state index contributed by atoms with van der Waals surface area (Å²) in [6, 6.07) is 12.2. The number of rotatable bonds is 2. The molecule has 0 radical (unpaired) electrons. The van der Waals surface area contributed by atoms with Crippen LogP contribution in [0.15, 0.2) is 47.3 Å². The Kier molecular flexibility index (Phi) is 4.27. The molecule has 0 bridgehead atoms. The van der Waals surface area contributed by atoms with Crippen LogP contribution >= 0.6 is 0 Å². The molecule has 9 heteroatoms. The van der Waals surface area contributed by atoms with Crippen LogP contribution in [0.2, 0.25) is 0 Å². The standard InChI is InChI=1S/C20H19N5O4/c26-19-15-3-1-2-4-16(15)22-23-25(19)14-7-9-24(10-8-14)20(27)21-13-5-6-17-18(11-13)29-12-28-17/h1-6,11,14H,7-10,12H2,(H,21,27). The third kappa shape index (κ3) is 3.24. The molecule has 1 saturated heterocycles. The minimum absolute atomic E-state index is 0.0748. The molecule has 1 N–H and O–H groups in total. The van der Waals surface area contributed by atoms with E-state index >= 15 is 0 Å². The number of anilines is 1. The lowest BCUT2D eigenvalue weighted by molar-refractivity contribution is 0.174. The summed E-state index contributed by atoms with van der Waals surface area (Å²) in [5.74, 6) is 1.29. The molecule has 3 heterocycles. The molecule has 3 aromatic rings. The van der Waals surface area contributed by atoms with Crippen molar-refractivity contribution < 1.29 is 14.3 Å². The van der Waals surface area contributed by atoms with Crippen molar-refractivity contribution in [2.75, 3.05) is 25.2 Å². The van der Waals surface area contributed by atoms with Crippen LogP contribution in [0.25, 0.3) is 10.9 Å². The van der Waals surface area contributed by atoms with Crippen molar-refractivity contribution in [1.29, 1.82) is 0 Å². The first-order valence-corrected chi connectivity index (χ1v) is 9.49. The van der Waals surface area contributed by atoms with Crippen LogP contribution in [0, 0.1) is 0 Å². The molecule has 1 fully saturated rings. The minimum Gasteiger partial charge on any atom is -0.454 e. The van der Waals surface area contributed by atoms with Crippen molar-refractivity contribution in [3.8, 4) is 11.5 Å². The molecule has 2 aromatic carbocycles. The summed E-state index contributed by atoms with van der Waals surface area (Å²) < 4.78 is 12.1. The van der Waals surface area contributed by atoms with Gasteiger partial charge in [-0.1, -0.05) is 17.3 Å².